The van der Waals surface area contributed by atoms with E-state index in [4.69, 9.17) is 15.9 Å². The third kappa shape index (κ3) is 24.3. The van der Waals surface area contributed by atoms with Crippen LogP contribution >= 0.6 is 0 Å². The highest BCUT2D eigenvalue weighted by Gasteiger charge is 2.51. The molecule has 0 unspecified atom stereocenters. The van der Waals surface area contributed by atoms with E-state index in [-0.39, 0.29) is 46.1 Å². The number of halogens is 6. The Kier molecular flexibility index (Phi) is 29.9. The maximum Gasteiger partial charge on any atom is 0.416 e. The Balaban J connectivity index is 0.000000126. The number of furan rings is 1. The summed E-state index contributed by atoms with van der Waals surface area (Å²) in [4.78, 5) is 94.9. The minimum atomic E-state index is -4.52. The molecule has 0 bridgehead atoms. The SMILES string of the molecule is CC(=O)c1ccc(NC(=O)Nc2ccc(C)c(-c3ccc4ccncc4c3)c2)cc1.Cc1ccc(NC(=O)C2(c3ccccc3)CC2)cc1-c1ccc2ccncc2c1.Cc1ccc(NC(=O)c2cccc(C(F)(F)F)c2)cc1-c1ccc2c(c1)nnn2CCN.Cc1ccc(NC(=O)c2cccc(C(F)(F)F)c2)cc1-c1ccc2nc(N)ncc2c1.Cc1ccc(NC(=O)c2ccco2)cc1-c1ccc2ccncc2c1. The number of carbonyl (C=O) groups excluding carboxylic acids is 6. The van der Waals surface area contributed by atoms with Gasteiger partial charge >= 0.3 is 18.4 Å². The molecule has 23 nitrogen and oxygen atoms in total. The van der Waals surface area contributed by atoms with Crippen LogP contribution in [0.3, 0.4) is 0 Å². The number of aryl methyl sites for hydroxylation is 5. The van der Waals surface area contributed by atoms with Gasteiger partial charge in [0.15, 0.2) is 11.5 Å². The van der Waals surface area contributed by atoms with Crippen LogP contribution < -0.4 is 43.4 Å². The number of nitrogens with one attached hydrogen (secondary N) is 6. The zero-order valence-corrected chi connectivity index (χ0v) is 80.3. The lowest BCUT2D eigenvalue weighted by Crippen LogP contribution is -2.27. The van der Waals surface area contributed by atoms with Gasteiger partial charge in [0.2, 0.25) is 11.9 Å². The Hall–Kier alpha value is -18.5. The normalized spacial score (nSPS) is 11.8. The van der Waals surface area contributed by atoms with Crippen molar-refractivity contribution in [2.24, 2.45) is 5.73 Å². The third-order valence-corrected chi connectivity index (χ3v) is 25.1. The fraction of sp³-hybridized carbons (Fsp3) is 0.110. The quantitative estimate of drug-likeness (QED) is 0.0275. The predicted molar refractivity (Wildman–Crippen MR) is 567 cm³/mol. The molecule has 6 amide bonds. The van der Waals surface area contributed by atoms with Gasteiger partial charge in [-0.25, -0.2) is 19.4 Å². The summed E-state index contributed by atoms with van der Waals surface area (Å²) in [5.41, 5.74) is 32.2. The van der Waals surface area contributed by atoms with Crippen LogP contribution in [0.2, 0.25) is 0 Å². The van der Waals surface area contributed by atoms with E-state index in [1.165, 1.54) is 48.4 Å². The fourth-order valence-electron chi connectivity index (χ4n) is 17.0. The average Bonchev–Trinajstić information content (AvgIpc) is 1.59. The van der Waals surface area contributed by atoms with Crippen LogP contribution in [0.1, 0.15) is 106 Å². The summed E-state index contributed by atoms with van der Waals surface area (Å²) in [6.45, 7) is 12.6. The molecule has 0 atom stereocenters. The predicted octanol–water partition coefficient (Wildman–Crippen LogP) is 27.1. The minimum Gasteiger partial charge on any atom is -0.459 e. The molecule has 1 fully saturated rings. The first-order valence-corrected chi connectivity index (χ1v) is 46.8. The highest BCUT2D eigenvalue weighted by molar-refractivity contribution is 6.08. The average molecular weight is 1960 g/mol. The molecule has 732 valence electrons. The smallest absolute Gasteiger partial charge is 0.416 e. The topological polar surface area (TPSA) is 335 Å². The summed E-state index contributed by atoms with van der Waals surface area (Å²) in [6.07, 6.45) is 6.86. The largest absolute Gasteiger partial charge is 0.459 e. The van der Waals surface area contributed by atoms with E-state index in [1.807, 2.05) is 173 Å². The second kappa shape index (κ2) is 43.9. The number of nitrogens with zero attached hydrogens (tertiary/aromatic N) is 8. The van der Waals surface area contributed by atoms with Gasteiger partial charge in [-0.3, -0.25) is 38.9 Å². The second-order valence-electron chi connectivity index (χ2n) is 35.4. The number of Topliss-reactive ketones (excluding diaryl/α,β-unsaturated/α-hetero) is 1. The lowest BCUT2D eigenvalue weighted by molar-refractivity contribution is -0.138. The van der Waals surface area contributed by atoms with Crippen molar-refractivity contribution in [2.45, 2.75) is 78.7 Å². The molecule has 0 radical (unpaired) electrons. The Morgan fingerprint density at radius 2 is 0.796 bits per heavy atom. The molecule has 20 aromatic rings. The van der Waals surface area contributed by atoms with Gasteiger partial charge in [0.1, 0.15) is 5.52 Å². The zero-order chi connectivity index (χ0) is 103. The molecule has 21 rings (SSSR count). The van der Waals surface area contributed by atoms with E-state index in [0.29, 0.717) is 58.2 Å². The number of nitrogen functional groups attached to an aromatic ring is 1. The molecular weight excluding hydrogens is 1870 g/mol. The number of hydrogen-bond donors (Lipinski definition) is 8. The first kappa shape index (κ1) is 100. The number of urea groups is 1. The molecule has 0 saturated heterocycles. The first-order chi connectivity index (χ1) is 70.8. The minimum absolute atomic E-state index is 0.0114. The summed E-state index contributed by atoms with van der Waals surface area (Å²) < 4.78 is 84.5. The summed E-state index contributed by atoms with van der Waals surface area (Å²) in [6, 6.07) is 93.3. The molecule has 14 aromatic carbocycles. The van der Waals surface area contributed by atoms with Gasteiger partial charge < -0.3 is 47.8 Å². The summed E-state index contributed by atoms with van der Waals surface area (Å²) in [7, 11) is 0. The number of benzene rings is 14. The van der Waals surface area contributed by atoms with E-state index in [9.17, 15) is 55.1 Å². The second-order valence-corrected chi connectivity index (χ2v) is 35.4. The van der Waals surface area contributed by atoms with Crippen molar-refractivity contribution in [3.8, 4) is 55.6 Å². The molecule has 147 heavy (non-hydrogen) atoms. The van der Waals surface area contributed by atoms with Crippen molar-refractivity contribution in [3.63, 3.8) is 0 Å². The molecule has 29 heteroatoms. The molecule has 10 N–H and O–H groups in total. The van der Waals surface area contributed by atoms with Crippen LogP contribution in [0, 0.1) is 34.6 Å². The van der Waals surface area contributed by atoms with Gasteiger partial charge in [-0.1, -0.05) is 127 Å². The van der Waals surface area contributed by atoms with Crippen LogP contribution in [0.15, 0.2) is 370 Å². The Morgan fingerprint density at radius 1 is 0.381 bits per heavy atom. The number of fused-ring (bicyclic) bond motifs is 5. The maximum absolute atomic E-state index is 13.1. The van der Waals surface area contributed by atoms with E-state index in [2.05, 4.69) is 160 Å². The van der Waals surface area contributed by atoms with Crippen molar-refractivity contribution < 1.29 is 59.5 Å². The zero-order valence-electron chi connectivity index (χ0n) is 80.3. The van der Waals surface area contributed by atoms with E-state index < -0.39 is 35.3 Å². The summed E-state index contributed by atoms with van der Waals surface area (Å²) in [5.74, 6) is -0.949. The Labute approximate surface area is 840 Å². The van der Waals surface area contributed by atoms with Crippen LogP contribution in [0.4, 0.5) is 71.2 Å². The highest BCUT2D eigenvalue weighted by atomic mass is 19.4. The van der Waals surface area contributed by atoms with Crippen LogP contribution in [0.5, 0.6) is 0 Å². The lowest BCUT2D eigenvalue weighted by Gasteiger charge is -2.17. The molecule has 1 saturated carbocycles. The maximum atomic E-state index is 13.1. The number of carbonyl (C=O) groups is 6. The Morgan fingerprint density at radius 3 is 1.23 bits per heavy atom. The number of ketones is 1. The molecular formula is C118H96F6N16O7. The van der Waals surface area contributed by atoms with Gasteiger partial charge in [0.05, 0.1) is 40.4 Å². The fourth-order valence-corrected chi connectivity index (χ4v) is 17.0. The highest BCUT2D eigenvalue weighted by Crippen LogP contribution is 2.49. The summed E-state index contributed by atoms with van der Waals surface area (Å²) in [5, 5.41) is 32.9. The van der Waals surface area contributed by atoms with Gasteiger partial charge in [-0.15, -0.1) is 5.10 Å². The molecule has 6 heterocycles. The number of pyridine rings is 3. The van der Waals surface area contributed by atoms with Crippen molar-refractivity contribution >= 4 is 130 Å². The van der Waals surface area contributed by atoms with Crippen LogP contribution in [0.25, 0.3) is 110 Å². The van der Waals surface area contributed by atoms with Crippen LogP contribution in [-0.2, 0) is 29.1 Å². The van der Waals surface area contributed by atoms with E-state index in [0.717, 1.165) is 170 Å². The monoisotopic (exact) mass is 1960 g/mol. The Bertz CT molecular complexity index is 8360. The van der Waals surface area contributed by atoms with Crippen molar-refractivity contribution in [1.29, 1.82) is 0 Å². The first-order valence-electron chi connectivity index (χ1n) is 46.8. The number of hydrogen-bond acceptors (Lipinski definition) is 16. The van der Waals surface area contributed by atoms with E-state index in [1.54, 1.807) is 83.9 Å². The van der Waals surface area contributed by atoms with Crippen molar-refractivity contribution in [3.05, 3.63) is 432 Å². The molecule has 0 aliphatic heterocycles. The van der Waals surface area contributed by atoms with Crippen molar-refractivity contribution in [1.82, 2.24) is 39.9 Å². The third-order valence-electron chi connectivity index (χ3n) is 25.1. The number of aromatic nitrogens is 8. The van der Waals surface area contributed by atoms with E-state index >= 15 is 0 Å². The molecule has 0 spiro atoms. The van der Waals surface area contributed by atoms with Gasteiger partial charge in [0, 0.05) is 122 Å². The number of rotatable bonds is 19. The molecule has 1 aliphatic rings. The molecule has 6 aromatic heterocycles. The van der Waals surface area contributed by atoms with Gasteiger partial charge in [-0.2, -0.15) is 26.3 Å². The van der Waals surface area contributed by atoms with Crippen molar-refractivity contribution in [2.75, 3.05) is 44.2 Å². The lowest BCUT2D eigenvalue weighted by atomic mass is 9.94. The number of amides is 6. The summed E-state index contributed by atoms with van der Waals surface area (Å²) >= 11 is 0. The molecule has 1 aliphatic carbocycles. The van der Waals surface area contributed by atoms with Gasteiger partial charge in [0.25, 0.3) is 17.7 Å². The number of nitrogens with two attached hydrogens (primary N) is 2. The number of anilines is 7. The van der Waals surface area contributed by atoms with Gasteiger partial charge in [-0.05, 0) is 354 Å². The number of alkyl halides is 6. The standard InChI is InChI=1S/C26H22N2O.C25H21N3O2.C23H20F3N5O.C23H17F3N4O.C21H16N2O2/c1-18-7-10-23(28-25(29)26(12-13-26)22-5-3-2-4-6-22)16-24(18)20-9-8-19-11-14-27-17-21(19)15-20;1-16-3-8-23(28-25(30)27-22-9-6-18(7-10-22)17(2)29)14-24(16)20-5-4-19-11-12-26-15-21(19)13-20;1-14-5-7-18(28-22(32)16-3-2-4-17(11-16)23(24,25)26)13-19(14)15-6-8-21-20(12-15)29-30-31(21)10-9-27;1-13-5-7-18(29-21(31)15-3-2-4-17(10-15)23(24,25)26)11-19(13)14-6-8-20-16(9-14)12-28-22(27)30-20;1-14-4-7-18(23-21(24)20-3-2-10-25-20)12-19(14)16-6-5-15-8-9-22-13-17(15)11-16/h2-11,14-17H,12-13H2,1H3,(H,28,29);3-15H,1-2H3,(H2,27,28,30);2-8,11-13H,9-10,27H2,1H3,(H,28,32);2-12H,1H3,(H,29,31)(H2,27,28,30);2-13H,1H3,(H,23,24). The van der Waals surface area contributed by atoms with Crippen LogP contribution in [-0.4, -0.2) is 81.9 Å².